The number of ether oxygens (including phenoxy) is 2. The van der Waals surface area contributed by atoms with Crippen LogP contribution < -0.4 is 21.7 Å². The van der Waals surface area contributed by atoms with Gasteiger partial charge >= 0.3 is 5.97 Å². The highest BCUT2D eigenvalue weighted by Crippen LogP contribution is 2.39. The average Bonchev–Trinajstić information content (AvgIpc) is 3.22. The summed E-state index contributed by atoms with van der Waals surface area (Å²) in [6.45, 7) is 6.43. The number of nitrogens with zero attached hydrogens (tertiary/aromatic N) is 2. The second-order valence-electron chi connectivity index (χ2n) is 17.1. The predicted octanol–water partition coefficient (Wildman–Crippen LogP) is 4.86. The lowest BCUT2D eigenvalue weighted by atomic mass is 9.72. The van der Waals surface area contributed by atoms with Crippen LogP contribution >= 0.6 is 0 Å². The molecule has 0 radical (unpaired) electrons. The minimum Gasteiger partial charge on any atom is -0.457 e. The Morgan fingerprint density at radius 3 is 2.20 bits per heavy atom. The van der Waals surface area contributed by atoms with Crippen molar-refractivity contribution < 1.29 is 33.4 Å². The van der Waals surface area contributed by atoms with Crippen molar-refractivity contribution in [3.63, 3.8) is 0 Å². The molecule has 4 aromatic rings. The highest BCUT2D eigenvalue weighted by Gasteiger charge is 2.43. The number of benzene rings is 3. The van der Waals surface area contributed by atoms with E-state index in [-0.39, 0.29) is 37.8 Å². The van der Waals surface area contributed by atoms with Crippen molar-refractivity contribution in [3.05, 3.63) is 114 Å². The van der Waals surface area contributed by atoms with E-state index in [1.807, 2.05) is 99.6 Å². The minimum absolute atomic E-state index is 0.0600. The van der Waals surface area contributed by atoms with E-state index in [0.717, 1.165) is 42.2 Å². The third-order valence-corrected chi connectivity index (χ3v) is 11.3. The number of likely N-dealkylation sites (tertiary alicyclic amines) is 1. The fourth-order valence-electron chi connectivity index (χ4n) is 8.40. The number of fused-ring (bicyclic) bond motifs is 2. The molecule has 0 bridgehead atoms. The molecule has 2 aliphatic rings. The van der Waals surface area contributed by atoms with Gasteiger partial charge in [0.05, 0.1) is 30.6 Å². The zero-order chi connectivity index (χ0) is 42.6. The predicted molar refractivity (Wildman–Crippen MR) is 228 cm³/mol. The van der Waals surface area contributed by atoms with E-state index < -0.39 is 59.9 Å². The number of rotatable bonds is 17. The molecule has 0 spiro atoms. The third-order valence-electron chi connectivity index (χ3n) is 11.3. The molecular weight excluding hydrogens is 761 g/mol. The van der Waals surface area contributed by atoms with Gasteiger partial charge in [-0.1, -0.05) is 104 Å². The van der Waals surface area contributed by atoms with Crippen LogP contribution in [0.1, 0.15) is 80.9 Å². The van der Waals surface area contributed by atoms with Gasteiger partial charge in [-0.25, -0.2) is 9.78 Å². The zero-order valence-electron chi connectivity index (χ0n) is 34.8. The summed E-state index contributed by atoms with van der Waals surface area (Å²) in [7, 11) is 0. The Labute approximate surface area is 352 Å². The number of carbonyl (C=O) groups is 5. The van der Waals surface area contributed by atoms with Crippen LogP contribution in [0.15, 0.2) is 97.1 Å². The maximum Gasteiger partial charge on any atom is 0.332 e. The average molecular weight is 819 g/mol. The number of carbonyl (C=O) groups excluding carboxylic acids is 5. The number of hydrogen-bond acceptors (Lipinski definition) is 9. The van der Waals surface area contributed by atoms with Gasteiger partial charge in [0.2, 0.25) is 17.7 Å². The molecule has 318 valence electrons. The minimum atomic E-state index is -1.38. The molecule has 2 heterocycles. The van der Waals surface area contributed by atoms with Crippen molar-refractivity contribution in [3.8, 4) is 0 Å². The van der Waals surface area contributed by atoms with Gasteiger partial charge in [-0.3, -0.25) is 24.1 Å². The van der Waals surface area contributed by atoms with Gasteiger partial charge < -0.3 is 31.2 Å². The quantitative estimate of drug-likeness (QED) is 0.108. The number of esters is 1. The van der Waals surface area contributed by atoms with E-state index in [0.29, 0.717) is 30.3 Å². The van der Waals surface area contributed by atoms with E-state index in [4.69, 9.17) is 15.2 Å². The van der Waals surface area contributed by atoms with Gasteiger partial charge in [0, 0.05) is 24.0 Å². The van der Waals surface area contributed by atoms with Crippen LogP contribution in [-0.2, 0) is 41.7 Å². The van der Waals surface area contributed by atoms with E-state index in [9.17, 15) is 24.0 Å². The van der Waals surface area contributed by atoms with Crippen molar-refractivity contribution in [1.82, 2.24) is 25.8 Å². The molecule has 0 unspecified atom stereocenters. The van der Waals surface area contributed by atoms with E-state index >= 15 is 0 Å². The largest absolute Gasteiger partial charge is 0.457 e. The normalized spacial score (nSPS) is 19.6. The van der Waals surface area contributed by atoms with Gasteiger partial charge in [0.25, 0.3) is 5.91 Å². The summed E-state index contributed by atoms with van der Waals surface area (Å²) in [5.74, 6) is -2.14. The summed E-state index contributed by atoms with van der Waals surface area (Å²) < 4.78 is 12.1. The Bertz CT molecular complexity index is 2090. The first-order valence-electron chi connectivity index (χ1n) is 21.0. The summed E-state index contributed by atoms with van der Waals surface area (Å²) in [4.78, 5) is 74.7. The lowest BCUT2D eigenvalue weighted by molar-refractivity contribution is -0.159. The molecule has 1 saturated heterocycles. The summed E-state index contributed by atoms with van der Waals surface area (Å²) in [6, 6.07) is 26.8. The third kappa shape index (κ3) is 12.7. The second kappa shape index (κ2) is 20.5. The first kappa shape index (κ1) is 43.9. The van der Waals surface area contributed by atoms with Crippen LogP contribution in [-0.4, -0.2) is 88.9 Å². The number of pyridine rings is 1. The number of nitrogens with one attached hydrogen (secondary N) is 3. The second-order valence-corrected chi connectivity index (χ2v) is 17.1. The smallest absolute Gasteiger partial charge is 0.332 e. The Hall–Kier alpha value is -5.66. The summed E-state index contributed by atoms with van der Waals surface area (Å²) in [6.07, 6.45) is 3.74. The van der Waals surface area contributed by atoms with E-state index in [1.54, 1.807) is 18.2 Å². The van der Waals surface area contributed by atoms with Gasteiger partial charge in [-0.15, -0.1) is 0 Å². The molecule has 3 aromatic carbocycles. The van der Waals surface area contributed by atoms with Crippen molar-refractivity contribution in [1.29, 1.82) is 0 Å². The Morgan fingerprint density at radius 2 is 1.50 bits per heavy atom. The molecule has 6 atom stereocenters. The van der Waals surface area contributed by atoms with Crippen molar-refractivity contribution >= 4 is 40.5 Å². The number of primary amides is 1. The molecule has 6 rings (SSSR count). The Morgan fingerprint density at radius 1 is 0.833 bits per heavy atom. The molecule has 13 nitrogen and oxygen atoms in total. The first-order chi connectivity index (χ1) is 28.8. The molecule has 5 N–H and O–H groups in total. The molecule has 1 aliphatic carbocycles. The van der Waals surface area contributed by atoms with Crippen LogP contribution in [0, 0.1) is 11.8 Å². The number of nitrogens with two attached hydrogens (primary N) is 1. The molecule has 1 aromatic heterocycles. The number of amides is 4. The van der Waals surface area contributed by atoms with Crippen LogP contribution in [0.4, 0.5) is 0 Å². The summed E-state index contributed by atoms with van der Waals surface area (Å²) in [5.41, 5.74) is 7.55. The standard InChI is InChI=1S/C47H58N6O7/c1-47(2,3)52-46(58)40-25-34-19-10-11-20-35(34)27-53(40)28-41(60-43(55)30-59-29-32-16-8-5-9-17-32)38(24-31-14-6-4-7-15-31)50-45(57)39(26-42(48)54)51-44(56)37-23-22-33-18-12-13-21-36(33)49-37/h4-9,12-18,21-23,34-35,38-41H,10-11,19-20,24-30H2,1-3H3,(H2,48,54)(H,50,57)(H,51,56)(H,52,58)/t34-,35+,38-,39-,40-,41+/m0/s1. The van der Waals surface area contributed by atoms with Crippen LogP contribution in [0.5, 0.6) is 0 Å². The van der Waals surface area contributed by atoms with Crippen molar-refractivity contribution in [2.24, 2.45) is 17.6 Å². The Kier molecular flexibility index (Phi) is 15.0. The fourth-order valence-corrected chi connectivity index (χ4v) is 8.40. The fraction of sp³-hybridized carbons (Fsp3) is 0.447. The first-order valence-corrected chi connectivity index (χ1v) is 21.0. The van der Waals surface area contributed by atoms with Crippen LogP contribution in [0.3, 0.4) is 0 Å². The molecular formula is C47H58N6O7. The van der Waals surface area contributed by atoms with Gasteiger partial charge in [0.1, 0.15) is 24.4 Å². The highest BCUT2D eigenvalue weighted by atomic mass is 16.6. The lowest BCUT2D eigenvalue weighted by Gasteiger charge is -2.47. The maximum absolute atomic E-state index is 14.4. The number of para-hydroxylation sites is 1. The number of hydrogen-bond donors (Lipinski definition) is 4. The highest BCUT2D eigenvalue weighted by molar-refractivity contribution is 5.99. The van der Waals surface area contributed by atoms with Crippen molar-refractivity contribution in [2.45, 2.75) is 102 Å². The molecule has 13 heteroatoms. The molecule has 1 aliphatic heterocycles. The van der Waals surface area contributed by atoms with E-state index in [2.05, 4.69) is 25.8 Å². The molecule has 2 fully saturated rings. The zero-order valence-corrected chi connectivity index (χ0v) is 34.8. The molecule has 60 heavy (non-hydrogen) atoms. The molecule has 1 saturated carbocycles. The SMILES string of the molecule is CC(C)(C)NC(=O)[C@@H]1C[C@@H]2CCCC[C@@H]2CN1C[C@@H](OC(=O)COCc1ccccc1)[C@H](Cc1ccccc1)NC(=O)[C@H](CC(N)=O)NC(=O)c1ccc2ccccc2n1. The van der Waals surface area contributed by atoms with E-state index in [1.165, 1.54) is 0 Å². The maximum atomic E-state index is 14.4. The van der Waals surface area contributed by atoms with Crippen molar-refractivity contribution in [2.75, 3.05) is 19.7 Å². The van der Waals surface area contributed by atoms with Crippen LogP contribution in [0.2, 0.25) is 0 Å². The monoisotopic (exact) mass is 818 g/mol. The lowest BCUT2D eigenvalue weighted by Crippen LogP contribution is -2.61. The number of piperidine rings is 1. The van der Waals surface area contributed by atoms with Gasteiger partial charge in [-0.2, -0.15) is 0 Å². The summed E-state index contributed by atoms with van der Waals surface area (Å²) in [5, 5.41) is 9.73. The van der Waals surface area contributed by atoms with Gasteiger partial charge in [-0.05, 0) is 75.1 Å². The van der Waals surface area contributed by atoms with Gasteiger partial charge in [0.15, 0.2) is 0 Å². The number of aromatic nitrogens is 1. The molecule has 4 amide bonds. The Balaban J connectivity index is 1.30. The van der Waals surface area contributed by atoms with Crippen LogP contribution in [0.25, 0.3) is 10.9 Å². The topological polar surface area (TPSA) is 182 Å². The summed E-state index contributed by atoms with van der Waals surface area (Å²) >= 11 is 0.